The van der Waals surface area contributed by atoms with Crippen LogP contribution in [0.1, 0.15) is 6.23 Å². The molecule has 2 aromatic heterocycles. The second-order valence-corrected chi connectivity index (χ2v) is 8.30. The van der Waals surface area contributed by atoms with Crippen molar-refractivity contribution in [3.05, 3.63) is 12.7 Å². The number of phosphoric ester groups is 1. The van der Waals surface area contributed by atoms with Gasteiger partial charge in [-0.1, -0.05) is 0 Å². The monoisotopic (exact) mass is 505 g/mol. The van der Waals surface area contributed by atoms with Crippen molar-refractivity contribution < 1.29 is 47.6 Å². The van der Waals surface area contributed by atoms with Crippen LogP contribution in [0.5, 0.6) is 0 Å². The molecule has 1 aliphatic heterocycles. The summed E-state index contributed by atoms with van der Waals surface area (Å²) >= 11 is 0. The molecule has 29 heavy (non-hydrogen) atoms. The molecule has 1 unspecified atom stereocenters. The van der Waals surface area contributed by atoms with Gasteiger partial charge in [-0.2, -0.15) is 4.31 Å². The fourth-order valence-electron chi connectivity index (χ4n) is 2.48. The molecule has 1 saturated heterocycles. The molecule has 5 atom stereocenters. The number of imidazole rings is 1. The van der Waals surface area contributed by atoms with Crippen LogP contribution >= 0.6 is 15.6 Å². The Kier molecular flexibility index (Phi) is 11.2. The summed E-state index contributed by atoms with van der Waals surface area (Å²) in [5, 5.41) is 20.3. The molecular formula is C10H15K2N5O10P2. The topological polar surface area (TPSA) is 233 Å². The third kappa shape index (κ3) is 7.12. The van der Waals surface area contributed by atoms with Crippen LogP contribution in [0.3, 0.4) is 0 Å². The maximum atomic E-state index is 11.5. The minimum Gasteiger partial charge on any atom is -0.387 e. The summed E-state index contributed by atoms with van der Waals surface area (Å²) in [5.74, 6) is 0.0856. The van der Waals surface area contributed by atoms with Crippen LogP contribution in [0.4, 0.5) is 5.82 Å². The van der Waals surface area contributed by atoms with E-state index in [0.29, 0.717) is 0 Å². The van der Waals surface area contributed by atoms with E-state index in [1.54, 1.807) is 0 Å². The minimum absolute atomic E-state index is 0. The van der Waals surface area contributed by atoms with Crippen molar-refractivity contribution in [2.24, 2.45) is 0 Å². The molecular weight excluding hydrogens is 490 g/mol. The van der Waals surface area contributed by atoms with E-state index in [-0.39, 0.29) is 120 Å². The number of fused-ring (bicyclic) bond motifs is 1. The van der Waals surface area contributed by atoms with Crippen LogP contribution in [0.15, 0.2) is 12.7 Å². The van der Waals surface area contributed by atoms with Crippen molar-refractivity contribution in [3.63, 3.8) is 0 Å². The number of rotatable bonds is 6. The molecule has 152 valence electrons. The molecule has 0 saturated carbocycles. The molecule has 0 aromatic carbocycles. The Morgan fingerprint density at radius 2 is 1.79 bits per heavy atom. The molecule has 1 aliphatic rings. The summed E-state index contributed by atoms with van der Waals surface area (Å²) in [7, 11) is -10.4. The number of nitrogens with zero attached hydrogens (tertiary/aromatic N) is 4. The second kappa shape index (κ2) is 11.3. The van der Waals surface area contributed by atoms with Gasteiger partial charge in [-0.05, 0) is 0 Å². The van der Waals surface area contributed by atoms with Gasteiger partial charge in [0.15, 0.2) is 17.7 Å². The normalized spacial score (nSPS) is 26.5. The van der Waals surface area contributed by atoms with E-state index in [1.165, 1.54) is 10.9 Å². The molecule has 2 radical (unpaired) electrons. The van der Waals surface area contributed by atoms with Crippen molar-refractivity contribution in [1.29, 1.82) is 0 Å². The summed E-state index contributed by atoms with van der Waals surface area (Å²) in [4.78, 5) is 38.1. The first kappa shape index (κ1) is 28.8. The smallest absolute Gasteiger partial charge is 0.387 e. The van der Waals surface area contributed by atoms with Crippen LogP contribution in [0, 0.1) is 0 Å². The average Bonchev–Trinajstić information content (AvgIpc) is 3.07. The number of anilines is 1. The molecule has 19 heteroatoms. The quantitative estimate of drug-likeness (QED) is 0.176. The first-order valence-electron chi connectivity index (χ1n) is 7.17. The van der Waals surface area contributed by atoms with Gasteiger partial charge in [-0.15, -0.1) is 0 Å². The number of aromatic nitrogens is 4. The summed E-state index contributed by atoms with van der Waals surface area (Å²) in [6.45, 7) is -0.813. The van der Waals surface area contributed by atoms with Crippen molar-refractivity contribution >= 4 is 135 Å². The third-order valence-electron chi connectivity index (χ3n) is 3.61. The second-order valence-electron chi connectivity index (χ2n) is 5.47. The van der Waals surface area contributed by atoms with Crippen molar-refractivity contribution in [1.82, 2.24) is 19.5 Å². The number of nitrogen functional groups attached to an aromatic ring is 1. The largest absolute Gasteiger partial charge is 0.481 e. The van der Waals surface area contributed by atoms with E-state index < -0.39 is 46.8 Å². The van der Waals surface area contributed by atoms with Gasteiger partial charge in [0.1, 0.15) is 30.2 Å². The predicted molar refractivity (Wildman–Crippen MR) is 96.1 cm³/mol. The Morgan fingerprint density at radius 3 is 2.41 bits per heavy atom. The maximum Gasteiger partial charge on any atom is 0.481 e. The van der Waals surface area contributed by atoms with Gasteiger partial charge in [-0.3, -0.25) is 9.09 Å². The summed E-state index contributed by atoms with van der Waals surface area (Å²) in [6.07, 6.45) is -3.20. The Balaban J connectivity index is 0.00000210. The number of aliphatic hydroxyl groups excluding tert-OH is 2. The predicted octanol–water partition coefficient (Wildman–Crippen LogP) is -2.51. The Hall–Kier alpha value is 1.76. The molecule has 0 spiro atoms. The number of phosphoric acid groups is 2. The summed E-state index contributed by atoms with van der Waals surface area (Å²) in [6, 6.07) is 0. The van der Waals surface area contributed by atoms with Gasteiger partial charge in [0.25, 0.3) is 0 Å². The third-order valence-corrected chi connectivity index (χ3v) is 5.76. The number of ether oxygens (including phenoxy) is 1. The summed E-state index contributed by atoms with van der Waals surface area (Å²) < 4.78 is 36.8. The van der Waals surface area contributed by atoms with E-state index in [9.17, 15) is 24.2 Å². The van der Waals surface area contributed by atoms with Gasteiger partial charge < -0.3 is 35.4 Å². The van der Waals surface area contributed by atoms with Gasteiger partial charge in [0, 0.05) is 103 Å². The molecule has 0 aliphatic carbocycles. The van der Waals surface area contributed by atoms with E-state index in [2.05, 4.69) is 23.8 Å². The van der Waals surface area contributed by atoms with Crippen LogP contribution in [-0.4, -0.2) is 172 Å². The minimum atomic E-state index is -5.29. The summed E-state index contributed by atoms with van der Waals surface area (Å²) in [5.41, 5.74) is 6.11. The standard InChI is InChI=1S/C10H15N5O10P2.2K/c11-8-5-9(13-2-12-8)15(3-14-5)10-7(17)6(16)4(24-10)1-23-27(21,22)25-26(18,19)20;;/h2-4,6-7,10,16-17H,1H2,(H,21,22)(H2,11,12,13)(H2,18,19,20);;/t4-,6-,7-,10-;;/m1../s1. The fourth-order valence-corrected chi connectivity index (χ4v) is 4.08. The molecule has 3 rings (SSSR count). The van der Waals surface area contributed by atoms with E-state index in [1.807, 2.05) is 0 Å². The zero-order chi connectivity index (χ0) is 20.0. The zero-order valence-electron chi connectivity index (χ0n) is 15.2. The molecule has 3 heterocycles. The van der Waals surface area contributed by atoms with E-state index >= 15 is 0 Å². The SMILES string of the molecule is Nc1ncnc2c1ncn2[C@@H]1O[C@H](COP(=O)(O)OP(=O)(O)O)[C@@H](O)[C@H]1O.[K].[K]. The average molecular weight is 505 g/mol. The maximum absolute atomic E-state index is 11.5. The van der Waals surface area contributed by atoms with Gasteiger partial charge >= 0.3 is 15.6 Å². The first-order chi connectivity index (χ1) is 12.5. The van der Waals surface area contributed by atoms with Gasteiger partial charge in [-0.25, -0.2) is 24.1 Å². The number of aliphatic hydroxyl groups is 2. The van der Waals surface area contributed by atoms with E-state index in [0.717, 1.165) is 6.33 Å². The molecule has 1 fully saturated rings. The number of nitrogens with two attached hydrogens (primary N) is 1. The van der Waals surface area contributed by atoms with Crippen molar-refractivity contribution in [2.75, 3.05) is 12.3 Å². The van der Waals surface area contributed by atoms with Crippen LogP contribution in [0.25, 0.3) is 11.2 Å². The molecule has 0 bridgehead atoms. The molecule has 2 aromatic rings. The Morgan fingerprint density at radius 1 is 1.14 bits per heavy atom. The molecule has 15 nitrogen and oxygen atoms in total. The van der Waals surface area contributed by atoms with Gasteiger partial charge in [0.2, 0.25) is 0 Å². The molecule has 0 amide bonds. The Bertz CT molecular complexity index is 943. The fraction of sp³-hybridized carbons (Fsp3) is 0.500. The number of hydrogen-bond acceptors (Lipinski definition) is 11. The van der Waals surface area contributed by atoms with Gasteiger partial charge in [0.05, 0.1) is 12.9 Å². The first-order valence-corrected chi connectivity index (χ1v) is 10.2. The van der Waals surface area contributed by atoms with Crippen molar-refractivity contribution in [3.8, 4) is 0 Å². The van der Waals surface area contributed by atoms with Crippen LogP contribution < -0.4 is 5.73 Å². The molecule has 7 N–H and O–H groups in total. The van der Waals surface area contributed by atoms with E-state index in [4.69, 9.17) is 20.3 Å². The Labute approximate surface area is 248 Å². The van der Waals surface area contributed by atoms with Crippen LogP contribution in [-0.2, 0) is 22.7 Å². The number of hydrogen-bond donors (Lipinski definition) is 6. The van der Waals surface area contributed by atoms with Crippen molar-refractivity contribution in [2.45, 2.75) is 24.5 Å². The zero-order valence-corrected chi connectivity index (χ0v) is 23.2. The van der Waals surface area contributed by atoms with Crippen LogP contribution in [0.2, 0.25) is 0 Å².